The lowest BCUT2D eigenvalue weighted by atomic mass is 10.2. The first-order valence-corrected chi connectivity index (χ1v) is 4.54. The molecule has 10 heavy (non-hydrogen) atoms. The Morgan fingerprint density at radius 1 is 1.60 bits per heavy atom. The lowest BCUT2D eigenvalue weighted by Gasteiger charge is -2.19. The van der Waals surface area contributed by atoms with Crippen LogP contribution < -0.4 is 0 Å². The highest BCUT2D eigenvalue weighted by molar-refractivity contribution is 8.00. The van der Waals surface area contributed by atoms with Gasteiger partial charge in [0.05, 0.1) is 6.61 Å². The average Bonchev–Trinajstić information content (AvgIpc) is 1.89. The first-order chi connectivity index (χ1) is 4.62. The van der Waals surface area contributed by atoms with Gasteiger partial charge in [0.25, 0.3) is 0 Å². The van der Waals surface area contributed by atoms with Crippen molar-refractivity contribution < 1.29 is 5.11 Å². The van der Waals surface area contributed by atoms with E-state index in [2.05, 4.69) is 0 Å². The van der Waals surface area contributed by atoms with Gasteiger partial charge in [-0.15, -0.1) is 11.8 Å². The van der Waals surface area contributed by atoms with Crippen molar-refractivity contribution in [2.24, 2.45) is 0 Å². The SMILES string of the molecule is CC(C)(CO)SC/C=C/Cl. The van der Waals surface area contributed by atoms with Crippen LogP contribution in [0.15, 0.2) is 11.6 Å². The Kier molecular flexibility index (Phi) is 5.22. The topological polar surface area (TPSA) is 20.2 Å². The minimum Gasteiger partial charge on any atom is -0.395 e. The van der Waals surface area contributed by atoms with Crippen LogP contribution in [0, 0.1) is 0 Å². The van der Waals surface area contributed by atoms with Gasteiger partial charge in [0.15, 0.2) is 0 Å². The van der Waals surface area contributed by atoms with Crippen LogP contribution in [-0.4, -0.2) is 22.2 Å². The molecule has 1 N–H and O–H groups in total. The van der Waals surface area contributed by atoms with Crippen molar-refractivity contribution >= 4 is 23.4 Å². The molecule has 0 aromatic carbocycles. The van der Waals surface area contributed by atoms with Gasteiger partial charge in [0.2, 0.25) is 0 Å². The molecule has 0 aliphatic heterocycles. The van der Waals surface area contributed by atoms with Crippen LogP contribution in [-0.2, 0) is 0 Å². The molecule has 0 spiro atoms. The van der Waals surface area contributed by atoms with E-state index in [9.17, 15) is 0 Å². The van der Waals surface area contributed by atoms with Crippen molar-refractivity contribution in [1.82, 2.24) is 0 Å². The predicted molar refractivity (Wildman–Crippen MR) is 48.6 cm³/mol. The molecule has 60 valence electrons. The molecule has 0 amide bonds. The van der Waals surface area contributed by atoms with Gasteiger partial charge in [0, 0.05) is 16.0 Å². The highest BCUT2D eigenvalue weighted by atomic mass is 35.5. The molecule has 0 bridgehead atoms. The van der Waals surface area contributed by atoms with E-state index in [1.54, 1.807) is 11.8 Å². The van der Waals surface area contributed by atoms with Gasteiger partial charge in [-0.2, -0.15) is 0 Å². The molecular formula is C7H13ClOS. The highest BCUT2D eigenvalue weighted by Crippen LogP contribution is 2.23. The van der Waals surface area contributed by atoms with E-state index in [0.717, 1.165) is 5.75 Å². The van der Waals surface area contributed by atoms with Crippen molar-refractivity contribution in [3.63, 3.8) is 0 Å². The summed E-state index contributed by atoms with van der Waals surface area (Å²) in [5.74, 6) is 0.858. The summed E-state index contributed by atoms with van der Waals surface area (Å²) in [7, 11) is 0. The molecule has 3 heteroatoms. The maximum absolute atomic E-state index is 8.82. The van der Waals surface area contributed by atoms with Crippen LogP contribution >= 0.6 is 23.4 Å². The van der Waals surface area contributed by atoms with Crippen LogP contribution in [0.4, 0.5) is 0 Å². The average molecular weight is 181 g/mol. The zero-order valence-electron chi connectivity index (χ0n) is 6.30. The summed E-state index contributed by atoms with van der Waals surface area (Å²) in [6.07, 6.45) is 1.86. The molecule has 0 saturated carbocycles. The minimum atomic E-state index is -0.0452. The first kappa shape index (κ1) is 10.3. The second-order valence-corrected chi connectivity index (χ2v) is 4.57. The summed E-state index contributed by atoms with van der Waals surface area (Å²) < 4.78 is -0.0452. The van der Waals surface area contributed by atoms with Gasteiger partial charge in [-0.05, 0) is 13.8 Å². The van der Waals surface area contributed by atoms with E-state index in [0.29, 0.717) is 0 Å². The molecule has 1 nitrogen and oxygen atoms in total. The molecule has 0 heterocycles. The van der Waals surface area contributed by atoms with Crippen molar-refractivity contribution in [2.45, 2.75) is 18.6 Å². The van der Waals surface area contributed by atoms with Crippen LogP contribution in [0.2, 0.25) is 0 Å². The summed E-state index contributed by atoms with van der Waals surface area (Å²) in [6.45, 7) is 4.20. The van der Waals surface area contributed by atoms with E-state index < -0.39 is 0 Å². The monoisotopic (exact) mass is 180 g/mol. The predicted octanol–water partition coefficient (Wildman–Crippen LogP) is 2.24. The van der Waals surface area contributed by atoms with Crippen molar-refractivity contribution in [3.05, 3.63) is 11.6 Å². The molecule has 0 aromatic rings. The number of hydrogen-bond donors (Lipinski definition) is 1. The second-order valence-electron chi connectivity index (χ2n) is 2.59. The smallest absolute Gasteiger partial charge is 0.0572 e. The molecule has 0 aromatic heterocycles. The van der Waals surface area contributed by atoms with Crippen molar-refractivity contribution in [3.8, 4) is 0 Å². The maximum atomic E-state index is 8.82. The van der Waals surface area contributed by atoms with Gasteiger partial charge in [-0.25, -0.2) is 0 Å². The van der Waals surface area contributed by atoms with E-state index in [4.69, 9.17) is 16.7 Å². The third kappa shape index (κ3) is 5.15. The standard InChI is InChI=1S/C7H13ClOS/c1-7(2,6-9)10-5-3-4-8/h3-4,9H,5-6H2,1-2H3/b4-3+. The Morgan fingerprint density at radius 3 is 2.60 bits per heavy atom. The summed E-state index contributed by atoms with van der Waals surface area (Å²) in [4.78, 5) is 0. The lowest BCUT2D eigenvalue weighted by molar-refractivity contribution is 0.265. The Hall–Kier alpha value is 0.340. The molecule has 0 fully saturated rings. The van der Waals surface area contributed by atoms with Crippen LogP contribution in [0.1, 0.15) is 13.8 Å². The largest absolute Gasteiger partial charge is 0.395 e. The third-order valence-electron chi connectivity index (χ3n) is 1.04. The van der Waals surface area contributed by atoms with Crippen molar-refractivity contribution in [1.29, 1.82) is 0 Å². The maximum Gasteiger partial charge on any atom is 0.0572 e. The van der Waals surface area contributed by atoms with Crippen LogP contribution in [0.3, 0.4) is 0 Å². The first-order valence-electron chi connectivity index (χ1n) is 3.12. The number of thioether (sulfide) groups is 1. The third-order valence-corrected chi connectivity index (χ3v) is 2.49. The van der Waals surface area contributed by atoms with Crippen LogP contribution in [0.5, 0.6) is 0 Å². The number of hydrogen-bond acceptors (Lipinski definition) is 2. The Morgan fingerprint density at radius 2 is 2.20 bits per heavy atom. The fraction of sp³-hybridized carbons (Fsp3) is 0.714. The molecule has 0 saturated heterocycles. The molecular weight excluding hydrogens is 168 g/mol. The number of rotatable bonds is 4. The zero-order valence-corrected chi connectivity index (χ0v) is 7.87. The Bertz CT molecular complexity index is 112. The van der Waals surface area contributed by atoms with Crippen LogP contribution in [0.25, 0.3) is 0 Å². The molecule has 0 unspecified atom stereocenters. The fourth-order valence-electron chi connectivity index (χ4n) is 0.356. The molecule has 0 radical (unpaired) electrons. The van der Waals surface area contributed by atoms with Gasteiger partial charge in [-0.1, -0.05) is 17.7 Å². The summed E-state index contributed by atoms with van der Waals surface area (Å²) in [6, 6.07) is 0. The fourth-order valence-corrected chi connectivity index (χ4v) is 1.29. The molecule has 0 atom stereocenters. The molecule has 0 aliphatic rings. The molecule has 0 aliphatic carbocycles. The van der Waals surface area contributed by atoms with E-state index in [1.165, 1.54) is 5.54 Å². The number of halogens is 1. The zero-order chi connectivity index (χ0) is 8.04. The summed E-state index contributed by atoms with van der Waals surface area (Å²) in [5, 5.41) is 8.82. The lowest BCUT2D eigenvalue weighted by Crippen LogP contribution is -2.20. The summed E-state index contributed by atoms with van der Waals surface area (Å²) >= 11 is 7.00. The van der Waals surface area contributed by atoms with Crippen molar-refractivity contribution in [2.75, 3.05) is 12.4 Å². The minimum absolute atomic E-state index is 0.0452. The van der Waals surface area contributed by atoms with E-state index >= 15 is 0 Å². The number of aliphatic hydroxyl groups excluding tert-OH is 1. The summed E-state index contributed by atoms with van der Waals surface area (Å²) in [5.41, 5.74) is 1.50. The second kappa shape index (κ2) is 5.05. The van der Waals surface area contributed by atoms with Gasteiger partial charge in [0.1, 0.15) is 0 Å². The molecule has 0 rings (SSSR count). The van der Waals surface area contributed by atoms with Gasteiger partial charge < -0.3 is 5.11 Å². The Balaban J connectivity index is 3.46. The van der Waals surface area contributed by atoms with E-state index in [1.807, 2.05) is 19.9 Å². The van der Waals surface area contributed by atoms with Gasteiger partial charge >= 0.3 is 0 Å². The number of aliphatic hydroxyl groups is 1. The quantitative estimate of drug-likeness (QED) is 0.716. The van der Waals surface area contributed by atoms with Gasteiger partial charge in [-0.3, -0.25) is 0 Å². The van der Waals surface area contributed by atoms with E-state index in [-0.39, 0.29) is 11.4 Å². The normalized spacial score (nSPS) is 12.8. The highest BCUT2D eigenvalue weighted by Gasteiger charge is 2.14. The Labute approximate surface area is 71.5 Å².